The van der Waals surface area contributed by atoms with E-state index in [4.69, 9.17) is 16.7 Å². The van der Waals surface area contributed by atoms with Crippen LogP contribution in [0.1, 0.15) is 44.2 Å². The van der Waals surface area contributed by atoms with E-state index in [0.29, 0.717) is 25.1 Å². The minimum atomic E-state index is -0.894. The molecular formula is C16H21ClO3. The molecule has 4 heteroatoms. The fourth-order valence-corrected chi connectivity index (χ4v) is 2.02. The summed E-state index contributed by atoms with van der Waals surface area (Å²) in [7, 11) is 0. The standard InChI is InChI=1S/C16H21ClO3/c1-16(2,15(19)20)13-8-5-12(6-9-13)7-10-14(18)4-3-11-17/h5-6,8-9H,3-4,7,10-11H2,1-2H3,(H,19,20). The van der Waals surface area contributed by atoms with Gasteiger partial charge in [0.15, 0.2) is 0 Å². The Bertz CT molecular complexity index is 463. The lowest BCUT2D eigenvalue weighted by molar-refractivity contribution is -0.142. The maximum atomic E-state index is 11.6. The highest BCUT2D eigenvalue weighted by Crippen LogP contribution is 2.24. The summed E-state index contributed by atoms with van der Waals surface area (Å²) < 4.78 is 0. The SMILES string of the molecule is CC(C)(C(=O)O)c1ccc(CCC(=O)CCCCl)cc1. The smallest absolute Gasteiger partial charge is 0.313 e. The number of aliphatic carboxylic acids is 1. The van der Waals surface area contributed by atoms with Gasteiger partial charge in [0.25, 0.3) is 0 Å². The molecule has 1 N–H and O–H groups in total. The van der Waals surface area contributed by atoms with E-state index in [-0.39, 0.29) is 5.78 Å². The van der Waals surface area contributed by atoms with Gasteiger partial charge in [-0.3, -0.25) is 9.59 Å². The van der Waals surface area contributed by atoms with Gasteiger partial charge < -0.3 is 5.11 Å². The second kappa shape index (κ2) is 7.44. The molecule has 20 heavy (non-hydrogen) atoms. The van der Waals surface area contributed by atoms with Crippen LogP contribution in [0.25, 0.3) is 0 Å². The summed E-state index contributed by atoms with van der Waals surface area (Å²) in [6.45, 7) is 3.36. The van der Waals surface area contributed by atoms with Gasteiger partial charge in [-0.2, -0.15) is 0 Å². The molecule has 110 valence electrons. The fourth-order valence-electron chi connectivity index (χ4n) is 1.88. The Morgan fingerprint density at radius 2 is 1.75 bits per heavy atom. The fraction of sp³-hybridized carbons (Fsp3) is 0.500. The Kier molecular flexibility index (Phi) is 6.21. The first kappa shape index (κ1) is 16.7. The molecule has 0 aliphatic carbocycles. The Hall–Kier alpha value is -1.35. The zero-order valence-electron chi connectivity index (χ0n) is 12.0. The number of hydrogen-bond acceptors (Lipinski definition) is 2. The zero-order valence-corrected chi connectivity index (χ0v) is 12.7. The summed E-state index contributed by atoms with van der Waals surface area (Å²) >= 11 is 5.55. The van der Waals surface area contributed by atoms with Gasteiger partial charge in [-0.15, -0.1) is 11.6 Å². The number of carbonyl (C=O) groups is 2. The Morgan fingerprint density at radius 3 is 2.25 bits per heavy atom. The number of carboxylic acid groups (broad SMARTS) is 1. The van der Waals surface area contributed by atoms with Crippen LogP contribution in [0.15, 0.2) is 24.3 Å². The average Bonchev–Trinajstić information content (AvgIpc) is 2.43. The molecule has 0 bridgehead atoms. The number of hydrogen-bond donors (Lipinski definition) is 1. The summed E-state index contributed by atoms with van der Waals surface area (Å²) in [6, 6.07) is 7.45. The molecular weight excluding hydrogens is 276 g/mol. The number of rotatable bonds is 8. The van der Waals surface area contributed by atoms with Gasteiger partial charge in [-0.1, -0.05) is 24.3 Å². The highest BCUT2D eigenvalue weighted by molar-refractivity contribution is 6.17. The van der Waals surface area contributed by atoms with E-state index in [9.17, 15) is 9.59 Å². The lowest BCUT2D eigenvalue weighted by Crippen LogP contribution is -2.28. The van der Waals surface area contributed by atoms with E-state index in [1.54, 1.807) is 13.8 Å². The molecule has 0 aromatic heterocycles. The molecule has 0 aliphatic rings. The molecule has 0 fully saturated rings. The van der Waals surface area contributed by atoms with Crippen LogP contribution in [0.2, 0.25) is 0 Å². The third-order valence-electron chi connectivity index (χ3n) is 3.49. The number of halogens is 1. The first-order valence-electron chi connectivity index (χ1n) is 6.78. The molecule has 0 heterocycles. The number of aryl methyl sites for hydroxylation is 1. The van der Waals surface area contributed by atoms with Crippen molar-refractivity contribution in [3.05, 3.63) is 35.4 Å². The van der Waals surface area contributed by atoms with Crippen molar-refractivity contribution in [1.82, 2.24) is 0 Å². The van der Waals surface area contributed by atoms with Gasteiger partial charge >= 0.3 is 5.97 Å². The van der Waals surface area contributed by atoms with Gasteiger partial charge in [0, 0.05) is 18.7 Å². The van der Waals surface area contributed by atoms with Crippen LogP contribution >= 0.6 is 11.6 Å². The molecule has 0 spiro atoms. The average molecular weight is 297 g/mol. The van der Waals surface area contributed by atoms with E-state index >= 15 is 0 Å². The first-order chi connectivity index (χ1) is 9.37. The van der Waals surface area contributed by atoms with Crippen LogP contribution in [0.5, 0.6) is 0 Å². The van der Waals surface area contributed by atoms with E-state index < -0.39 is 11.4 Å². The largest absolute Gasteiger partial charge is 0.481 e. The third-order valence-corrected chi connectivity index (χ3v) is 3.76. The van der Waals surface area contributed by atoms with Gasteiger partial charge in [-0.05, 0) is 37.8 Å². The van der Waals surface area contributed by atoms with Crippen molar-refractivity contribution >= 4 is 23.4 Å². The predicted octanol–water partition coefficient (Wildman–Crippen LogP) is 3.57. The molecule has 0 saturated heterocycles. The lowest BCUT2D eigenvalue weighted by Gasteiger charge is -2.19. The predicted molar refractivity (Wildman–Crippen MR) is 80.4 cm³/mol. The first-order valence-corrected chi connectivity index (χ1v) is 7.32. The molecule has 0 unspecified atom stereocenters. The number of ketones is 1. The van der Waals surface area contributed by atoms with Crippen molar-refractivity contribution in [3.63, 3.8) is 0 Å². The maximum Gasteiger partial charge on any atom is 0.313 e. The van der Waals surface area contributed by atoms with Crippen LogP contribution in [0, 0.1) is 0 Å². The second-order valence-electron chi connectivity index (χ2n) is 5.46. The minimum Gasteiger partial charge on any atom is -0.481 e. The number of Topliss-reactive ketones (excluding diaryl/α,β-unsaturated/α-hetero) is 1. The number of alkyl halides is 1. The number of carbonyl (C=O) groups excluding carboxylic acids is 1. The summed E-state index contributed by atoms with van der Waals surface area (Å²) in [5, 5.41) is 9.17. The van der Waals surface area contributed by atoms with Crippen molar-refractivity contribution in [2.45, 2.75) is 44.9 Å². The Labute approximate surface area is 125 Å². The lowest BCUT2D eigenvalue weighted by atomic mass is 9.84. The zero-order chi connectivity index (χ0) is 15.2. The summed E-state index contributed by atoms with van der Waals surface area (Å²) in [5.74, 6) is -0.105. The minimum absolute atomic E-state index is 0.223. The van der Waals surface area contributed by atoms with Crippen molar-refractivity contribution in [3.8, 4) is 0 Å². The number of carboxylic acids is 1. The van der Waals surface area contributed by atoms with Gasteiger partial charge in [0.1, 0.15) is 5.78 Å². The van der Waals surface area contributed by atoms with Crippen LogP contribution in [-0.2, 0) is 21.4 Å². The van der Waals surface area contributed by atoms with E-state index in [1.807, 2.05) is 24.3 Å². The highest BCUT2D eigenvalue weighted by Gasteiger charge is 2.28. The van der Waals surface area contributed by atoms with E-state index in [2.05, 4.69) is 0 Å². The molecule has 0 radical (unpaired) electrons. The normalized spacial score (nSPS) is 11.3. The van der Waals surface area contributed by atoms with E-state index in [0.717, 1.165) is 17.5 Å². The van der Waals surface area contributed by atoms with Crippen LogP contribution in [0.4, 0.5) is 0 Å². The maximum absolute atomic E-state index is 11.6. The molecule has 3 nitrogen and oxygen atoms in total. The summed E-state index contributed by atoms with van der Waals surface area (Å²) in [6.07, 6.45) is 2.47. The van der Waals surface area contributed by atoms with Crippen LogP contribution in [-0.4, -0.2) is 22.7 Å². The van der Waals surface area contributed by atoms with Gasteiger partial charge in [-0.25, -0.2) is 0 Å². The molecule has 1 aromatic rings. The quantitative estimate of drug-likeness (QED) is 0.746. The summed E-state index contributed by atoms with van der Waals surface area (Å²) in [5.41, 5.74) is 0.922. The van der Waals surface area contributed by atoms with E-state index in [1.165, 1.54) is 0 Å². The topological polar surface area (TPSA) is 54.4 Å². The second-order valence-corrected chi connectivity index (χ2v) is 5.84. The van der Waals surface area contributed by atoms with Gasteiger partial charge in [0.05, 0.1) is 5.41 Å². The van der Waals surface area contributed by atoms with Crippen molar-refractivity contribution in [2.75, 3.05) is 5.88 Å². The molecule has 0 aliphatic heterocycles. The highest BCUT2D eigenvalue weighted by atomic mass is 35.5. The van der Waals surface area contributed by atoms with Crippen LogP contribution in [0.3, 0.4) is 0 Å². The molecule has 1 rings (SSSR count). The summed E-state index contributed by atoms with van der Waals surface area (Å²) in [4.78, 5) is 22.7. The molecule has 1 aromatic carbocycles. The third kappa shape index (κ3) is 4.64. The van der Waals surface area contributed by atoms with Gasteiger partial charge in [0.2, 0.25) is 0 Å². The monoisotopic (exact) mass is 296 g/mol. The van der Waals surface area contributed by atoms with Crippen molar-refractivity contribution < 1.29 is 14.7 Å². The van der Waals surface area contributed by atoms with Crippen LogP contribution < -0.4 is 0 Å². The molecule has 0 saturated carbocycles. The number of benzene rings is 1. The van der Waals surface area contributed by atoms with Crippen molar-refractivity contribution in [2.24, 2.45) is 0 Å². The van der Waals surface area contributed by atoms with Crippen molar-refractivity contribution in [1.29, 1.82) is 0 Å². The molecule has 0 atom stereocenters. The Morgan fingerprint density at radius 1 is 1.15 bits per heavy atom. The molecule has 0 amide bonds. The Balaban J connectivity index is 2.59.